The predicted molar refractivity (Wildman–Crippen MR) is 128 cm³/mol. The van der Waals surface area contributed by atoms with Crippen molar-refractivity contribution >= 4 is 12.3 Å². The average molecular weight is 386 g/mol. The Morgan fingerprint density at radius 1 is 1.10 bits per heavy atom. The van der Waals surface area contributed by atoms with Crippen molar-refractivity contribution in [1.82, 2.24) is 10.2 Å². The van der Waals surface area contributed by atoms with Crippen LogP contribution in [0.25, 0.3) is 5.57 Å². The Morgan fingerprint density at radius 2 is 1.86 bits per heavy atom. The second-order valence-electron chi connectivity index (χ2n) is 8.37. The van der Waals surface area contributed by atoms with E-state index in [-0.39, 0.29) is 0 Å². The van der Waals surface area contributed by atoms with Gasteiger partial charge >= 0.3 is 0 Å². The van der Waals surface area contributed by atoms with E-state index in [0.29, 0.717) is 12.7 Å². The monoisotopic (exact) mass is 386 g/mol. The van der Waals surface area contributed by atoms with Crippen LogP contribution in [0.2, 0.25) is 0 Å². The Morgan fingerprint density at radius 3 is 2.62 bits per heavy atom. The zero-order chi connectivity index (χ0) is 21.0. The maximum absolute atomic E-state index is 4.09. The molecule has 2 aromatic rings. The average Bonchev–Trinajstić information content (AvgIpc) is 3.32. The fourth-order valence-corrected chi connectivity index (χ4v) is 4.61. The summed E-state index contributed by atoms with van der Waals surface area (Å²) < 4.78 is 0. The van der Waals surface area contributed by atoms with E-state index in [1.165, 1.54) is 39.0 Å². The van der Waals surface area contributed by atoms with Gasteiger partial charge in [-0.1, -0.05) is 73.9 Å². The number of benzene rings is 2. The van der Waals surface area contributed by atoms with Gasteiger partial charge in [0.15, 0.2) is 6.71 Å². The second kappa shape index (κ2) is 9.50. The summed E-state index contributed by atoms with van der Waals surface area (Å²) in [4.78, 5) is 2.34. The summed E-state index contributed by atoms with van der Waals surface area (Å²) in [5, 5.41) is 3.45. The largest absolute Gasteiger partial charge is 0.396 e. The van der Waals surface area contributed by atoms with Crippen molar-refractivity contribution in [3.8, 4) is 0 Å². The molecule has 0 bridgehead atoms. The zero-order valence-electron chi connectivity index (χ0n) is 18.8. The SMILES string of the molecule is C=C(C)c1cccc2c1CB1C=CNC1C2.CC.Cc1ccc2c(c1)CN(C)C2. The topological polar surface area (TPSA) is 15.3 Å². The maximum atomic E-state index is 4.09. The highest BCUT2D eigenvalue weighted by Crippen LogP contribution is 2.29. The molecular formula is C26H35BN2. The molecule has 3 heteroatoms. The van der Waals surface area contributed by atoms with Crippen LogP contribution in [0.4, 0.5) is 0 Å². The van der Waals surface area contributed by atoms with Crippen molar-refractivity contribution in [3.05, 3.63) is 88.5 Å². The van der Waals surface area contributed by atoms with Crippen LogP contribution in [-0.4, -0.2) is 24.6 Å². The van der Waals surface area contributed by atoms with Gasteiger partial charge in [-0.25, -0.2) is 0 Å². The first-order chi connectivity index (χ1) is 14.0. The number of nitrogens with zero attached hydrogens (tertiary/aromatic N) is 1. The van der Waals surface area contributed by atoms with Gasteiger partial charge in [0.1, 0.15) is 0 Å². The molecule has 1 atom stereocenters. The summed E-state index contributed by atoms with van der Waals surface area (Å²) in [6.07, 6.45) is 4.42. The summed E-state index contributed by atoms with van der Waals surface area (Å²) >= 11 is 0. The van der Waals surface area contributed by atoms with Gasteiger partial charge in [-0.15, -0.1) is 0 Å². The predicted octanol–water partition coefficient (Wildman–Crippen LogP) is 5.38. The van der Waals surface area contributed by atoms with Gasteiger partial charge in [-0.2, -0.15) is 0 Å². The molecule has 0 spiro atoms. The smallest absolute Gasteiger partial charge is 0.198 e. The Bertz CT molecular complexity index is 900. The first-order valence-corrected chi connectivity index (χ1v) is 11.0. The fraction of sp³-hybridized carbons (Fsp3) is 0.385. The van der Waals surface area contributed by atoms with Gasteiger partial charge in [0.2, 0.25) is 0 Å². The van der Waals surface area contributed by atoms with Crippen molar-refractivity contribution in [2.45, 2.75) is 59.5 Å². The summed E-state index contributed by atoms with van der Waals surface area (Å²) in [6, 6.07) is 13.3. The van der Waals surface area contributed by atoms with Crippen LogP contribution < -0.4 is 5.32 Å². The van der Waals surface area contributed by atoms with E-state index in [4.69, 9.17) is 0 Å². The number of hydrogen-bond acceptors (Lipinski definition) is 2. The van der Waals surface area contributed by atoms with Crippen LogP contribution in [0.1, 0.15) is 54.2 Å². The molecule has 152 valence electrons. The van der Waals surface area contributed by atoms with Crippen LogP contribution in [0.15, 0.2) is 55.2 Å². The van der Waals surface area contributed by atoms with Gasteiger partial charge < -0.3 is 5.32 Å². The number of allylic oxidation sites excluding steroid dienone is 1. The second-order valence-corrected chi connectivity index (χ2v) is 8.37. The lowest BCUT2D eigenvalue weighted by Gasteiger charge is -2.27. The molecule has 0 radical (unpaired) electrons. The first-order valence-electron chi connectivity index (χ1n) is 11.0. The molecule has 0 fully saturated rings. The quantitative estimate of drug-likeness (QED) is 0.662. The van der Waals surface area contributed by atoms with Crippen LogP contribution >= 0.6 is 0 Å². The Labute approximate surface area is 177 Å². The van der Waals surface area contributed by atoms with Gasteiger partial charge in [0, 0.05) is 19.0 Å². The summed E-state index contributed by atoms with van der Waals surface area (Å²) in [5.41, 5.74) is 9.94. The van der Waals surface area contributed by atoms with Gasteiger partial charge in [-0.3, -0.25) is 4.90 Å². The lowest BCUT2D eigenvalue weighted by atomic mass is 9.39. The highest BCUT2D eigenvalue weighted by atomic mass is 15.1. The fourth-order valence-electron chi connectivity index (χ4n) is 4.61. The van der Waals surface area contributed by atoms with Crippen LogP contribution in [0.5, 0.6) is 0 Å². The first kappa shape index (κ1) is 21.5. The molecule has 0 aromatic heterocycles. The molecule has 3 heterocycles. The third-order valence-electron chi connectivity index (χ3n) is 6.03. The minimum absolute atomic E-state index is 0.618. The van der Waals surface area contributed by atoms with Crippen molar-refractivity contribution in [2.75, 3.05) is 7.05 Å². The number of aryl methyl sites for hydroxylation is 1. The van der Waals surface area contributed by atoms with E-state index in [2.05, 4.69) is 86.3 Å². The Balaban J connectivity index is 0.000000162. The number of hydrogen-bond donors (Lipinski definition) is 1. The van der Waals surface area contributed by atoms with E-state index in [1.54, 1.807) is 0 Å². The zero-order valence-corrected chi connectivity index (χ0v) is 18.8. The Hall–Kier alpha value is -2.26. The number of nitrogens with one attached hydrogen (secondary N) is 1. The summed E-state index contributed by atoms with van der Waals surface area (Å²) in [6.45, 7) is 15.3. The molecule has 1 N–H and O–H groups in total. The molecular weight excluding hydrogens is 351 g/mol. The van der Waals surface area contributed by atoms with Gasteiger partial charge in [-0.05, 0) is 67.7 Å². The van der Waals surface area contributed by atoms with Crippen molar-refractivity contribution in [3.63, 3.8) is 0 Å². The molecule has 0 saturated heterocycles. The van der Waals surface area contributed by atoms with Crippen LogP contribution in [-0.2, 0) is 25.8 Å². The van der Waals surface area contributed by atoms with Crippen molar-refractivity contribution < 1.29 is 0 Å². The molecule has 2 aromatic carbocycles. The van der Waals surface area contributed by atoms with Crippen molar-refractivity contribution in [1.29, 1.82) is 0 Å². The molecule has 3 aliphatic heterocycles. The van der Waals surface area contributed by atoms with Gasteiger partial charge in [0.05, 0.1) is 0 Å². The van der Waals surface area contributed by atoms with Crippen LogP contribution in [0, 0.1) is 6.92 Å². The lowest BCUT2D eigenvalue weighted by molar-refractivity contribution is 0.353. The van der Waals surface area contributed by atoms with E-state index in [9.17, 15) is 0 Å². The molecule has 0 aliphatic carbocycles. The molecule has 0 saturated carbocycles. The minimum Gasteiger partial charge on any atom is -0.396 e. The van der Waals surface area contributed by atoms with E-state index >= 15 is 0 Å². The molecule has 1 unspecified atom stereocenters. The van der Waals surface area contributed by atoms with E-state index in [0.717, 1.165) is 25.8 Å². The lowest BCUT2D eigenvalue weighted by Crippen LogP contribution is -2.42. The number of rotatable bonds is 1. The Kier molecular flexibility index (Phi) is 7.02. The molecule has 0 amide bonds. The minimum atomic E-state index is 0.618. The maximum Gasteiger partial charge on any atom is 0.198 e. The third-order valence-corrected chi connectivity index (χ3v) is 6.03. The summed E-state index contributed by atoms with van der Waals surface area (Å²) in [5.74, 6) is 2.93. The van der Waals surface area contributed by atoms with Gasteiger partial charge in [0.25, 0.3) is 0 Å². The van der Waals surface area contributed by atoms with E-state index in [1.807, 2.05) is 13.8 Å². The molecule has 2 nitrogen and oxygen atoms in total. The van der Waals surface area contributed by atoms with Crippen LogP contribution in [0.3, 0.4) is 0 Å². The highest BCUT2D eigenvalue weighted by Gasteiger charge is 2.32. The normalized spacial score (nSPS) is 18.4. The standard InChI is InChI=1S/C14H16BN.C10H13N.C2H6/c1-10(2)12-5-3-4-11-8-14-15(6-7-16-14)9-13(11)12;1-8-3-4-9-6-11(2)7-10(9)5-8;1-2/h3-7,14,16H,1,8-9H2,2H3;3-5H,6-7H2,1-2H3;1-2H3. The highest BCUT2D eigenvalue weighted by molar-refractivity contribution is 6.66. The molecule has 3 aliphatic rings. The molecule has 29 heavy (non-hydrogen) atoms. The number of fused-ring (bicyclic) bond motifs is 3. The third kappa shape index (κ3) is 4.84. The molecule has 5 rings (SSSR count). The van der Waals surface area contributed by atoms with E-state index < -0.39 is 0 Å². The summed E-state index contributed by atoms with van der Waals surface area (Å²) in [7, 11) is 2.16. The van der Waals surface area contributed by atoms with Crippen molar-refractivity contribution in [2.24, 2.45) is 0 Å².